The Kier molecular flexibility index (Phi) is 18.3. The van der Waals surface area contributed by atoms with E-state index in [2.05, 4.69) is 20.8 Å². The first kappa shape index (κ1) is 17.8. The monoisotopic (exact) mass is 298 g/mol. The summed E-state index contributed by atoms with van der Waals surface area (Å²) in [6.45, 7) is 7.00. The van der Waals surface area contributed by atoms with Gasteiger partial charge in [0.25, 0.3) is 0 Å². The van der Waals surface area contributed by atoms with E-state index in [0.717, 1.165) is 0 Å². The Morgan fingerprint density at radius 3 is 1.14 bits per heavy atom. The predicted molar refractivity (Wildman–Crippen MR) is 70.7 cm³/mol. The summed E-state index contributed by atoms with van der Waals surface area (Å²) in [5.74, 6) is 0. The van der Waals surface area contributed by atoms with Crippen LogP contribution in [0.25, 0.3) is 0 Å². The van der Waals surface area contributed by atoms with Gasteiger partial charge in [-0.25, -0.2) is 0 Å². The number of unbranched alkanes of at least 4 members (excludes halogenated alkanes) is 3. The molecular formula is C12H27LiSn. The zero-order valence-electron chi connectivity index (χ0n) is 10.9. The molecule has 2 radical (unpaired) electrons. The summed E-state index contributed by atoms with van der Waals surface area (Å²) in [4.78, 5) is 0. The van der Waals surface area contributed by atoms with E-state index in [9.17, 15) is 0 Å². The van der Waals surface area contributed by atoms with E-state index in [4.69, 9.17) is 0 Å². The van der Waals surface area contributed by atoms with Crippen LogP contribution in [0.5, 0.6) is 0 Å². The van der Waals surface area contributed by atoms with Gasteiger partial charge >= 0.3 is 92.4 Å². The fraction of sp³-hybridized carbons (Fsp3) is 1.00. The van der Waals surface area contributed by atoms with Gasteiger partial charge < -0.3 is 0 Å². The van der Waals surface area contributed by atoms with Crippen molar-refractivity contribution in [3.63, 3.8) is 0 Å². The molecule has 0 aromatic rings. The van der Waals surface area contributed by atoms with Crippen molar-refractivity contribution in [1.82, 2.24) is 0 Å². The molecule has 0 aliphatic carbocycles. The van der Waals surface area contributed by atoms with Gasteiger partial charge in [-0.05, 0) is 0 Å². The molecule has 0 aromatic carbocycles. The Morgan fingerprint density at radius 2 is 0.929 bits per heavy atom. The molecule has 0 amide bonds. The van der Waals surface area contributed by atoms with Gasteiger partial charge in [0.15, 0.2) is 0 Å². The number of hydrogen-bond donors (Lipinski definition) is 0. The summed E-state index contributed by atoms with van der Waals surface area (Å²) in [7, 11) is 0. The summed E-state index contributed by atoms with van der Waals surface area (Å²) in [5.41, 5.74) is 0. The molecule has 0 heterocycles. The van der Waals surface area contributed by atoms with Crippen LogP contribution in [0.3, 0.4) is 0 Å². The fourth-order valence-corrected chi connectivity index (χ4v) is 11.1. The minimum atomic E-state index is -0.839. The van der Waals surface area contributed by atoms with Crippen molar-refractivity contribution in [2.24, 2.45) is 0 Å². The fourth-order valence-electron chi connectivity index (χ4n) is 1.66. The van der Waals surface area contributed by atoms with Crippen LogP contribution >= 0.6 is 0 Å². The largest absolute Gasteiger partial charge is 0 e. The van der Waals surface area contributed by atoms with E-state index < -0.39 is 19.8 Å². The van der Waals surface area contributed by atoms with Crippen molar-refractivity contribution in [2.75, 3.05) is 0 Å². The van der Waals surface area contributed by atoms with E-state index >= 15 is 0 Å². The van der Waals surface area contributed by atoms with Crippen molar-refractivity contribution in [3.05, 3.63) is 0 Å². The average Bonchev–Trinajstić information content (AvgIpc) is 2.17. The molecule has 0 N–H and O–H groups in total. The molecule has 2 heteroatoms. The summed E-state index contributed by atoms with van der Waals surface area (Å²) >= 11 is -0.839. The van der Waals surface area contributed by atoms with Crippen molar-refractivity contribution in [2.45, 2.75) is 72.6 Å². The summed E-state index contributed by atoms with van der Waals surface area (Å²) < 4.78 is 5.04. The van der Waals surface area contributed by atoms with Crippen LogP contribution in [0.4, 0.5) is 0 Å². The number of hydrogen-bond acceptors (Lipinski definition) is 0. The first-order valence-corrected chi connectivity index (χ1v) is 12.2. The molecule has 0 fully saturated rings. The molecular weight excluding hydrogens is 270 g/mol. The second-order valence-corrected chi connectivity index (χ2v) is 12.6. The Labute approximate surface area is 111 Å². The van der Waals surface area contributed by atoms with Gasteiger partial charge in [0.2, 0.25) is 0 Å². The molecule has 0 spiro atoms. The summed E-state index contributed by atoms with van der Waals surface area (Å²) in [6.07, 6.45) is 8.85. The Morgan fingerprint density at radius 1 is 0.643 bits per heavy atom. The minimum absolute atomic E-state index is 0. The third-order valence-electron chi connectivity index (χ3n) is 2.65. The zero-order valence-corrected chi connectivity index (χ0v) is 13.7. The maximum atomic E-state index is 2.33. The van der Waals surface area contributed by atoms with Crippen molar-refractivity contribution >= 4 is 38.6 Å². The van der Waals surface area contributed by atoms with Crippen molar-refractivity contribution < 1.29 is 0 Å². The Hall–Kier alpha value is 1.40. The maximum Gasteiger partial charge on any atom is 0 e. The maximum absolute atomic E-state index is 2.33. The van der Waals surface area contributed by atoms with Crippen LogP contribution in [0.1, 0.15) is 59.3 Å². The Balaban J connectivity index is 0. The molecule has 0 aromatic heterocycles. The first-order valence-electron chi connectivity index (χ1n) is 6.18. The summed E-state index contributed by atoms with van der Waals surface area (Å²) in [5, 5.41) is 0. The molecule has 0 bridgehead atoms. The molecule has 0 saturated heterocycles. The van der Waals surface area contributed by atoms with Crippen molar-refractivity contribution in [3.8, 4) is 0 Å². The van der Waals surface area contributed by atoms with Crippen LogP contribution in [0.2, 0.25) is 13.3 Å². The molecule has 0 atom stereocenters. The molecule has 0 saturated carbocycles. The molecule has 0 aliphatic heterocycles. The molecule has 80 valence electrons. The van der Waals surface area contributed by atoms with Crippen LogP contribution in [0.15, 0.2) is 0 Å². The zero-order chi connectivity index (χ0) is 9.94. The SMILES string of the molecule is CCC[CH2][Sn]([CH2]CCC)[CH2]CCC.[Li]. The minimum Gasteiger partial charge on any atom is 0 e. The van der Waals surface area contributed by atoms with E-state index in [-0.39, 0.29) is 18.9 Å². The van der Waals surface area contributed by atoms with Gasteiger partial charge in [-0.1, -0.05) is 0 Å². The molecule has 0 nitrogen and oxygen atoms in total. The molecule has 14 heavy (non-hydrogen) atoms. The van der Waals surface area contributed by atoms with Gasteiger partial charge in [-0.3, -0.25) is 0 Å². The van der Waals surface area contributed by atoms with E-state index in [1.54, 1.807) is 13.3 Å². The molecule has 0 unspecified atom stereocenters. The van der Waals surface area contributed by atoms with Crippen LogP contribution in [-0.4, -0.2) is 38.6 Å². The molecule has 0 rings (SSSR count). The Bertz CT molecular complexity index is 77.3. The predicted octanol–water partition coefficient (Wildman–Crippen LogP) is 4.50. The smallest absolute Gasteiger partial charge is 0 e. The van der Waals surface area contributed by atoms with Crippen LogP contribution in [0, 0.1) is 0 Å². The van der Waals surface area contributed by atoms with Gasteiger partial charge in [0, 0.05) is 18.9 Å². The summed E-state index contributed by atoms with van der Waals surface area (Å²) in [6, 6.07) is 0. The number of rotatable bonds is 9. The topological polar surface area (TPSA) is 0 Å². The second-order valence-electron chi connectivity index (χ2n) is 4.06. The molecule has 0 aliphatic rings. The van der Waals surface area contributed by atoms with E-state index in [0.29, 0.717) is 0 Å². The first-order chi connectivity index (χ1) is 6.35. The van der Waals surface area contributed by atoms with Gasteiger partial charge in [-0.2, -0.15) is 0 Å². The van der Waals surface area contributed by atoms with Crippen LogP contribution < -0.4 is 0 Å². The van der Waals surface area contributed by atoms with Crippen molar-refractivity contribution in [1.29, 1.82) is 0 Å². The normalized spacial score (nSPS) is 10.3. The second kappa shape index (κ2) is 14.4. The third-order valence-corrected chi connectivity index (χ3v) is 11.7. The average molecular weight is 297 g/mol. The van der Waals surface area contributed by atoms with E-state index in [1.807, 2.05) is 0 Å². The van der Waals surface area contributed by atoms with Gasteiger partial charge in [0.05, 0.1) is 0 Å². The van der Waals surface area contributed by atoms with Crippen LogP contribution in [-0.2, 0) is 0 Å². The van der Waals surface area contributed by atoms with E-state index in [1.165, 1.54) is 38.5 Å². The van der Waals surface area contributed by atoms with Gasteiger partial charge in [-0.15, -0.1) is 0 Å². The quantitative estimate of drug-likeness (QED) is 0.550. The third kappa shape index (κ3) is 11.5. The standard InChI is InChI=1S/3C4H9.Li.Sn/c3*1-3-4-2;;/h3*1,3-4H2,2H3;;. The van der Waals surface area contributed by atoms with Gasteiger partial charge in [0.1, 0.15) is 0 Å².